The van der Waals surface area contributed by atoms with E-state index < -0.39 is 0 Å². The van der Waals surface area contributed by atoms with Crippen LogP contribution in [-0.4, -0.2) is 42.3 Å². The summed E-state index contributed by atoms with van der Waals surface area (Å²) in [6.45, 7) is 1.65. The molecule has 1 N–H and O–H groups in total. The van der Waals surface area contributed by atoms with Crippen molar-refractivity contribution in [3.8, 4) is 0 Å². The molecule has 2 saturated heterocycles. The third-order valence-corrected chi connectivity index (χ3v) is 5.73. The van der Waals surface area contributed by atoms with E-state index in [0.29, 0.717) is 48.0 Å². The number of nitrogens with one attached hydrogen (secondary N) is 1. The van der Waals surface area contributed by atoms with Crippen molar-refractivity contribution in [2.24, 2.45) is 5.92 Å². The van der Waals surface area contributed by atoms with Crippen molar-refractivity contribution >= 4 is 40.7 Å². The molecule has 0 spiro atoms. The fourth-order valence-corrected chi connectivity index (χ4v) is 4.18. The zero-order valence-electron chi connectivity index (χ0n) is 15.9. The Balaban J connectivity index is 1.40. The lowest BCUT2D eigenvalue weighted by atomic mass is 9.96. The summed E-state index contributed by atoms with van der Waals surface area (Å²) in [5, 5.41) is 3.32. The number of hydrogen-bond donors (Lipinski definition) is 1. The van der Waals surface area contributed by atoms with Gasteiger partial charge < -0.3 is 19.5 Å². The lowest BCUT2D eigenvalue weighted by molar-refractivity contribution is -0.121. The highest BCUT2D eigenvalue weighted by Gasteiger charge is 2.30. The number of piperidine rings is 1. The normalized spacial score (nSPS) is 19.5. The number of rotatable bonds is 4. The first-order valence-electron chi connectivity index (χ1n) is 9.75. The van der Waals surface area contributed by atoms with Gasteiger partial charge in [-0.15, -0.1) is 0 Å². The van der Waals surface area contributed by atoms with Gasteiger partial charge in [-0.25, -0.2) is 0 Å². The Morgan fingerprint density at radius 2 is 2.03 bits per heavy atom. The molecule has 0 saturated carbocycles. The number of hydrogen-bond acceptors (Lipinski definition) is 4. The average Bonchev–Trinajstić information content (AvgIpc) is 3.40. The van der Waals surface area contributed by atoms with E-state index in [4.69, 9.17) is 16.0 Å². The van der Waals surface area contributed by atoms with Gasteiger partial charge in [0.25, 0.3) is 5.91 Å². The Morgan fingerprint density at radius 1 is 1.17 bits per heavy atom. The molecule has 8 heteroatoms. The Labute approximate surface area is 173 Å². The molecule has 1 aromatic carbocycles. The van der Waals surface area contributed by atoms with Gasteiger partial charge in [0, 0.05) is 31.7 Å². The van der Waals surface area contributed by atoms with Crippen molar-refractivity contribution in [3.05, 3.63) is 47.4 Å². The van der Waals surface area contributed by atoms with Gasteiger partial charge in [-0.2, -0.15) is 0 Å². The molecule has 0 radical (unpaired) electrons. The molecule has 2 fully saturated rings. The number of halogens is 1. The number of carbonyl (C=O) groups is 3. The van der Waals surface area contributed by atoms with Crippen molar-refractivity contribution < 1.29 is 18.8 Å². The Morgan fingerprint density at radius 3 is 2.72 bits per heavy atom. The lowest BCUT2D eigenvalue weighted by Gasteiger charge is -2.31. The van der Waals surface area contributed by atoms with Crippen LogP contribution in [0.1, 0.15) is 36.0 Å². The van der Waals surface area contributed by atoms with Crippen LogP contribution in [0.4, 0.5) is 11.4 Å². The van der Waals surface area contributed by atoms with E-state index in [9.17, 15) is 14.4 Å². The van der Waals surface area contributed by atoms with Gasteiger partial charge in [0.15, 0.2) is 0 Å². The molecule has 1 atom stereocenters. The quantitative estimate of drug-likeness (QED) is 0.827. The Kier molecular flexibility index (Phi) is 5.58. The number of benzene rings is 1. The summed E-state index contributed by atoms with van der Waals surface area (Å²) < 4.78 is 4.98. The molecule has 29 heavy (non-hydrogen) atoms. The Hall–Kier alpha value is -2.80. The molecule has 3 heterocycles. The smallest absolute Gasteiger partial charge is 0.257 e. The van der Waals surface area contributed by atoms with Gasteiger partial charge in [-0.3, -0.25) is 14.4 Å². The summed E-state index contributed by atoms with van der Waals surface area (Å²) in [7, 11) is 0. The molecule has 2 aliphatic rings. The standard InChI is InChI=1S/C21H22ClN3O4/c22-17-11-16(5-6-18(17)25-9-2-4-19(25)26)23-20(27)14-3-1-8-24(12-14)21(28)15-7-10-29-13-15/h5-7,10-11,13-14H,1-4,8-9,12H2,(H,23,27). The van der Waals surface area contributed by atoms with Crippen LogP contribution < -0.4 is 10.2 Å². The molecule has 3 amide bonds. The molecule has 152 valence electrons. The summed E-state index contributed by atoms with van der Waals surface area (Å²) in [4.78, 5) is 40.5. The fourth-order valence-electron chi connectivity index (χ4n) is 3.90. The van der Waals surface area contributed by atoms with Crippen LogP contribution in [0.25, 0.3) is 0 Å². The van der Waals surface area contributed by atoms with Gasteiger partial charge in [0.05, 0.1) is 28.5 Å². The minimum atomic E-state index is -0.293. The average molecular weight is 416 g/mol. The van der Waals surface area contributed by atoms with Crippen molar-refractivity contribution in [2.45, 2.75) is 25.7 Å². The van der Waals surface area contributed by atoms with Crippen LogP contribution in [0.15, 0.2) is 41.2 Å². The maximum Gasteiger partial charge on any atom is 0.257 e. The molecule has 1 aromatic heterocycles. The fraction of sp³-hybridized carbons (Fsp3) is 0.381. The van der Waals surface area contributed by atoms with E-state index in [2.05, 4.69) is 5.32 Å². The first-order valence-corrected chi connectivity index (χ1v) is 10.1. The number of carbonyl (C=O) groups excluding carboxylic acids is 3. The Bertz CT molecular complexity index is 928. The molecule has 2 aliphatic heterocycles. The van der Waals surface area contributed by atoms with E-state index in [0.717, 1.165) is 19.3 Å². The van der Waals surface area contributed by atoms with Gasteiger partial charge >= 0.3 is 0 Å². The van der Waals surface area contributed by atoms with Crippen molar-refractivity contribution in [2.75, 3.05) is 29.9 Å². The number of furan rings is 1. The number of amides is 3. The predicted molar refractivity (Wildman–Crippen MR) is 109 cm³/mol. The van der Waals surface area contributed by atoms with E-state index in [-0.39, 0.29) is 23.6 Å². The van der Waals surface area contributed by atoms with Gasteiger partial charge in [-0.1, -0.05) is 11.6 Å². The van der Waals surface area contributed by atoms with Crippen molar-refractivity contribution in [3.63, 3.8) is 0 Å². The zero-order chi connectivity index (χ0) is 20.4. The number of anilines is 2. The van der Waals surface area contributed by atoms with Crippen LogP contribution >= 0.6 is 11.6 Å². The third kappa shape index (κ3) is 4.15. The molecule has 2 aromatic rings. The molecular weight excluding hydrogens is 394 g/mol. The summed E-state index contributed by atoms with van der Waals surface area (Å²) in [5.41, 5.74) is 1.74. The first kappa shape index (κ1) is 19.5. The van der Waals surface area contributed by atoms with E-state index in [1.165, 1.54) is 12.5 Å². The van der Waals surface area contributed by atoms with Gasteiger partial charge in [-0.05, 0) is 43.5 Å². The van der Waals surface area contributed by atoms with Crippen LogP contribution in [0.5, 0.6) is 0 Å². The maximum atomic E-state index is 12.8. The zero-order valence-corrected chi connectivity index (χ0v) is 16.7. The van der Waals surface area contributed by atoms with Gasteiger partial charge in [0.1, 0.15) is 6.26 Å². The van der Waals surface area contributed by atoms with Crippen LogP contribution in [0.3, 0.4) is 0 Å². The van der Waals surface area contributed by atoms with Gasteiger partial charge in [0.2, 0.25) is 11.8 Å². The summed E-state index contributed by atoms with van der Waals surface area (Å²) in [6.07, 6.45) is 5.71. The molecule has 0 bridgehead atoms. The van der Waals surface area contributed by atoms with Crippen molar-refractivity contribution in [1.82, 2.24) is 4.90 Å². The second-order valence-corrected chi connectivity index (χ2v) is 7.81. The SMILES string of the molecule is O=C(Nc1ccc(N2CCCC2=O)c(Cl)c1)C1CCCN(C(=O)c2ccoc2)C1. The maximum absolute atomic E-state index is 12.8. The van der Waals surface area contributed by atoms with E-state index in [1.807, 2.05) is 0 Å². The monoisotopic (exact) mass is 415 g/mol. The largest absolute Gasteiger partial charge is 0.472 e. The summed E-state index contributed by atoms with van der Waals surface area (Å²) >= 11 is 6.36. The van der Waals surface area contributed by atoms with Crippen LogP contribution in [-0.2, 0) is 9.59 Å². The number of nitrogens with zero attached hydrogens (tertiary/aromatic N) is 2. The predicted octanol–water partition coefficient (Wildman–Crippen LogP) is 3.55. The molecule has 0 aliphatic carbocycles. The highest BCUT2D eigenvalue weighted by atomic mass is 35.5. The van der Waals surface area contributed by atoms with E-state index >= 15 is 0 Å². The second-order valence-electron chi connectivity index (χ2n) is 7.41. The van der Waals surface area contributed by atoms with Crippen LogP contribution in [0, 0.1) is 5.92 Å². The highest BCUT2D eigenvalue weighted by Crippen LogP contribution is 2.32. The molecule has 7 nitrogen and oxygen atoms in total. The second kappa shape index (κ2) is 8.29. The summed E-state index contributed by atoms with van der Waals surface area (Å²) in [5.74, 6) is -0.499. The summed E-state index contributed by atoms with van der Waals surface area (Å²) in [6, 6.07) is 6.80. The topological polar surface area (TPSA) is 82.9 Å². The molecular formula is C21H22ClN3O4. The minimum absolute atomic E-state index is 0.0632. The van der Waals surface area contributed by atoms with E-state index in [1.54, 1.807) is 34.1 Å². The molecule has 4 rings (SSSR count). The van der Waals surface area contributed by atoms with Crippen molar-refractivity contribution in [1.29, 1.82) is 0 Å². The molecule has 1 unspecified atom stereocenters. The number of likely N-dealkylation sites (tertiary alicyclic amines) is 1. The van der Waals surface area contributed by atoms with Crippen LogP contribution in [0.2, 0.25) is 5.02 Å². The highest BCUT2D eigenvalue weighted by molar-refractivity contribution is 6.34. The third-order valence-electron chi connectivity index (χ3n) is 5.43. The minimum Gasteiger partial charge on any atom is -0.472 e. The lowest BCUT2D eigenvalue weighted by Crippen LogP contribution is -2.43. The first-order chi connectivity index (χ1) is 14.0.